The molecular weight excluding hydrogens is 384 g/mol. The maximum Gasteiger partial charge on any atom is 0.179 e. The first-order valence-electron chi connectivity index (χ1n) is 8.21. The van der Waals surface area contributed by atoms with E-state index in [2.05, 4.69) is 0 Å². The van der Waals surface area contributed by atoms with E-state index < -0.39 is 9.84 Å². The monoisotopic (exact) mass is 402 g/mol. The summed E-state index contributed by atoms with van der Waals surface area (Å²) in [5, 5.41) is 0.331. The van der Waals surface area contributed by atoms with Crippen LogP contribution in [0.5, 0.6) is 0 Å². The predicted molar refractivity (Wildman–Crippen MR) is 110 cm³/mol. The van der Waals surface area contributed by atoms with E-state index in [1.54, 1.807) is 36.0 Å². The Labute approximate surface area is 164 Å². The lowest BCUT2D eigenvalue weighted by atomic mass is 10.2. The van der Waals surface area contributed by atoms with Crippen molar-refractivity contribution in [1.29, 1.82) is 0 Å². The maximum atomic E-state index is 12.9. The fourth-order valence-corrected chi connectivity index (χ4v) is 5.77. The highest BCUT2D eigenvalue weighted by molar-refractivity contribution is 8.01. The van der Waals surface area contributed by atoms with Crippen molar-refractivity contribution in [2.45, 2.75) is 22.0 Å². The topological polar surface area (TPSA) is 34.1 Å². The Hall–Kier alpha value is -1.75. The van der Waals surface area contributed by atoms with Crippen LogP contribution in [0, 0.1) is 6.92 Å². The molecule has 0 fully saturated rings. The lowest BCUT2D eigenvalue weighted by molar-refractivity contribution is 0.595. The zero-order valence-electron chi connectivity index (χ0n) is 14.3. The predicted octanol–water partition coefficient (Wildman–Crippen LogP) is 5.96. The maximum absolute atomic E-state index is 12.9. The molecule has 1 atom stereocenters. The number of benzene rings is 3. The van der Waals surface area contributed by atoms with Gasteiger partial charge in [0.05, 0.1) is 10.6 Å². The largest absolute Gasteiger partial charge is 0.224 e. The summed E-state index contributed by atoms with van der Waals surface area (Å²) >= 11 is 7.45. The van der Waals surface area contributed by atoms with Crippen molar-refractivity contribution in [3.8, 4) is 0 Å². The molecule has 0 radical (unpaired) electrons. The molecule has 3 aromatic rings. The second-order valence-corrected chi connectivity index (χ2v) is 9.81. The van der Waals surface area contributed by atoms with Crippen molar-refractivity contribution in [2.24, 2.45) is 0 Å². The standard InChI is InChI=1S/C21H19ClO2S2/c1-16-7-11-19(12-8-16)25-21(17-5-3-2-4-6-17)15-26(23,24)20-13-9-18(22)10-14-20/h2-14,21H,15H2,1H3/t21-/m0/s1. The molecule has 2 nitrogen and oxygen atoms in total. The van der Waals surface area contributed by atoms with Crippen molar-refractivity contribution >= 4 is 33.2 Å². The minimum absolute atomic E-state index is 0.0250. The Morgan fingerprint density at radius 1 is 0.885 bits per heavy atom. The Morgan fingerprint density at radius 3 is 2.12 bits per heavy atom. The number of halogens is 1. The van der Waals surface area contributed by atoms with Crippen molar-refractivity contribution in [1.82, 2.24) is 0 Å². The lowest BCUT2D eigenvalue weighted by Crippen LogP contribution is -2.13. The van der Waals surface area contributed by atoms with Gasteiger partial charge in [-0.15, -0.1) is 11.8 Å². The molecule has 0 amide bonds. The molecule has 0 aliphatic heterocycles. The van der Waals surface area contributed by atoms with Crippen molar-refractivity contribution in [2.75, 3.05) is 5.75 Å². The molecule has 0 heterocycles. The van der Waals surface area contributed by atoms with E-state index >= 15 is 0 Å². The fraction of sp³-hybridized carbons (Fsp3) is 0.143. The van der Waals surface area contributed by atoms with Gasteiger partial charge < -0.3 is 0 Å². The van der Waals surface area contributed by atoms with E-state index in [-0.39, 0.29) is 11.0 Å². The molecule has 5 heteroatoms. The molecular formula is C21H19ClO2S2. The Balaban J connectivity index is 1.90. The smallest absolute Gasteiger partial charge is 0.179 e. The Morgan fingerprint density at radius 2 is 1.50 bits per heavy atom. The highest BCUT2D eigenvalue weighted by Gasteiger charge is 2.23. The summed E-state index contributed by atoms with van der Waals surface area (Å²) in [5.41, 5.74) is 2.18. The van der Waals surface area contributed by atoms with Gasteiger partial charge >= 0.3 is 0 Å². The first-order chi connectivity index (χ1) is 12.4. The highest BCUT2D eigenvalue weighted by Crippen LogP contribution is 2.37. The van der Waals surface area contributed by atoms with Gasteiger partial charge in [0.25, 0.3) is 0 Å². The van der Waals surface area contributed by atoms with Crippen LogP contribution in [0.1, 0.15) is 16.4 Å². The van der Waals surface area contributed by atoms with Gasteiger partial charge in [-0.2, -0.15) is 0 Å². The van der Waals surface area contributed by atoms with E-state index in [0.717, 1.165) is 10.5 Å². The molecule has 0 unspecified atom stereocenters. The van der Waals surface area contributed by atoms with Crippen LogP contribution in [0.25, 0.3) is 0 Å². The van der Waals surface area contributed by atoms with E-state index in [1.807, 2.05) is 61.5 Å². The first-order valence-corrected chi connectivity index (χ1v) is 11.1. The molecule has 3 aromatic carbocycles. The summed E-state index contributed by atoms with van der Waals surface area (Å²) in [6, 6.07) is 24.3. The number of sulfone groups is 1. The summed E-state index contributed by atoms with van der Waals surface area (Å²) < 4.78 is 25.8. The molecule has 0 bridgehead atoms. The van der Waals surface area contributed by atoms with E-state index in [4.69, 9.17) is 11.6 Å². The highest BCUT2D eigenvalue weighted by atomic mass is 35.5. The van der Waals surface area contributed by atoms with Gasteiger partial charge in [-0.25, -0.2) is 8.42 Å². The number of hydrogen-bond donors (Lipinski definition) is 0. The molecule has 0 aliphatic rings. The van der Waals surface area contributed by atoms with Crippen LogP contribution in [0.4, 0.5) is 0 Å². The van der Waals surface area contributed by atoms with Crippen LogP contribution in [0.2, 0.25) is 5.02 Å². The number of aryl methyl sites for hydroxylation is 1. The average molecular weight is 403 g/mol. The van der Waals surface area contributed by atoms with Crippen LogP contribution in [-0.2, 0) is 9.84 Å². The zero-order valence-corrected chi connectivity index (χ0v) is 16.7. The fourth-order valence-electron chi connectivity index (χ4n) is 2.58. The molecule has 0 N–H and O–H groups in total. The molecule has 0 spiro atoms. The number of rotatable bonds is 6. The third kappa shape index (κ3) is 4.91. The van der Waals surface area contributed by atoms with E-state index in [1.165, 1.54) is 5.56 Å². The van der Waals surface area contributed by atoms with Gasteiger partial charge in [-0.1, -0.05) is 59.6 Å². The molecule has 0 saturated heterocycles. The van der Waals surface area contributed by atoms with Gasteiger partial charge in [0, 0.05) is 15.2 Å². The normalized spacial score (nSPS) is 12.7. The van der Waals surface area contributed by atoms with Crippen LogP contribution in [0.15, 0.2) is 88.7 Å². The van der Waals surface area contributed by atoms with Crippen LogP contribution in [0.3, 0.4) is 0 Å². The summed E-state index contributed by atoms with van der Waals surface area (Å²) in [7, 11) is -3.43. The Bertz CT molecular complexity index is 951. The molecule has 26 heavy (non-hydrogen) atoms. The van der Waals surface area contributed by atoms with Gasteiger partial charge in [0.2, 0.25) is 0 Å². The van der Waals surface area contributed by atoms with Gasteiger partial charge in [0.1, 0.15) is 0 Å². The van der Waals surface area contributed by atoms with E-state index in [0.29, 0.717) is 9.92 Å². The van der Waals surface area contributed by atoms with Crippen LogP contribution < -0.4 is 0 Å². The average Bonchev–Trinajstić information content (AvgIpc) is 2.64. The zero-order chi connectivity index (χ0) is 18.6. The lowest BCUT2D eigenvalue weighted by Gasteiger charge is -2.18. The third-order valence-electron chi connectivity index (χ3n) is 4.01. The molecule has 3 rings (SSSR count). The van der Waals surface area contributed by atoms with Crippen LogP contribution in [-0.4, -0.2) is 14.2 Å². The Kier molecular flexibility index (Phi) is 6.07. The van der Waals surface area contributed by atoms with Gasteiger partial charge in [0.15, 0.2) is 9.84 Å². The van der Waals surface area contributed by atoms with Crippen molar-refractivity contribution < 1.29 is 8.42 Å². The molecule has 0 saturated carbocycles. The second-order valence-electron chi connectivity index (χ2n) is 6.07. The van der Waals surface area contributed by atoms with Gasteiger partial charge in [-0.3, -0.25) is 0 Å². The minimum Gasteiger partial charge on any atom is -0.224 e. The van der Waals surface area contributed by atoms with Gasteiger partial charge in [-0.05, 0) is 48.9 Å². The summed E-state index contributed by atoms with van der Waals surface area (Å²) in [6.45, 7) is 2.04. The van der Waals surface area contributed by atoms with E-state index in [9.17, 15) is 8.42 Å². The van der Waals surface area contributed by atoms with Crippen LogP contribution >= 0.6 is 23.4 Å². The minimum atomic E-state index is -3.43. The third-order valence-corrected chi connectivity index (χ3v) is 7.51. The second kappa shape index (κ2) is 8.30. The summed E-state index contributed by atoms with van der Waals surface area (Å²) in [6.07, 6.45) is 0. The number of thioether (sulfide) groups is 1. The quantitative estimate of drug-likeness (QED) is 0.477. The van der Waals surface area contributed by atoms with Crippen molar-refractivity contribution in [3.63, 3.8) is 0 Å². The first kappa shape index (κ1) is 19.0. The molecule has 134 valence electrons. The molecule has 0 aliphatic carbocycles. The SMILES string of the molecule is Cc1ccc(S[C@@H](CS(=O)(=O)c2ccc(Cl)cc2)c2ccccc2)cc1. The van der Waals surface area contributed by atoms with Crippen molar-refractivity contribution in [3.05, 3.63) is 95.0 Å². The summed E-state index contributed by atoms with van der Waals surface area (Å²) in [5.74, 6) is 0.0250. The summed E-state index contributed by atoms with van der Waals surface area (Å²) in [4.78, 5) is 1.35. The molecule has 0 aromatic heterocycles. The number of hydrogen-bond acceptors (Lipinski definition) is 3.